The fourth-order valence-corrected chi connectivity index (χ4v) is 5.22. The van der Waals surface area contributed by atoms with E-state index in [1.165, 1.54) is 23.1 Å². The van der Waals surface area contributed by atoms with Gasteiger partial charge in [0.25, 0.3) is 0 Å². The molecule has 0 fully saturated rings. The molecule has 0 saturated heterocycles. The van der Waals surface area contributed by atoms with Gasteiger partial charge in [0.2, 0.25) is 5.91 Å². The van der Waals surface area contributed by atoms with Crippen molar-refractivity contribution in [3.63, 3.8) is 0 Å². The van der Waals surface area contributed by atoms with Gasteiger partial charge in [-0.05, 0) is 43.3 Å². The minimum atomic E-state index is -0.0734. The molecule has 126 valence electrons. The molecule has 4 nitrogen and oxygen atoms in total. The summed E-state index contributed by atoms with van der Waals surface area (Å²) in [6, 6.07) is 11.4. The number of halogens is 1. The number of amides is 1. The Morgan fingerprint density at radius 2 is 1.76 bits per heavy atom. The summed E-state index contributed by atoms with van der Waals surface area (Å²) in [5, 5.41) is 5.23. The van der Waals surface area contributed by atoms with Crippen LogP contribution in [0.4, 0.5) is 5.13 Å². The highest BCUT2D eigenvalue weighted by Gasteiger charge is 2.12. The van der Waals surface area contributed by atoms with Crippen molar-refractivity contribution in [3.8, 4) is 0 Å². The molecule has 0 bridgehead atoms. The van der Waals surface area contributed by atoms with Crippen LogP contribution >= 0.6 is 46.0 Å². The Hall–Kier alpha value is -1.67. The molecule has 8 heteroatoms. The molecule has 0 atom stereocenters. The van der Waals surface area contributed by atoms with Gasteiger partial charge in [0.05, 0.1) is 31.2 Å². The van der Waals surface area contributed by atoms with Crippen LogP contribution in [0.1, 0.15) is 5.01 Å². The number of carbonyl (C=O) groups excluding carboxylic acids is 1. The molecular weight excluding hydrogens is 394 g/mol. The third-order valence-electron chi connectivity index (χ3n) is 3.45. The minimum Gasteiger partial charge on any atom is -0.301 e. The maximum atomic E-state index is 12.2. The highest BCUT2D eigenvalue weighted by molar-refractivity contribution is 8.00. The van der Waals surface area contributed by atoms with Crippen molar-refractivity contribution in [1.82, 2.24) is 9.97 Å². The van der Waals surface area contributed by atoms with Gasteiger partial charge in [-0.3, -0.25) is 4.79 Å². The van der Waals surface area contributed by atoms with Crippen molar-refractivity contribution in [1.29, 1.82) is 0 Å². The summed E-state index contributed by atoms with van der Waals surface area (Å²) >= 11 is 10.5. The number of thiazole rings is 2. The first-order valence-electron chi connectivity index (χ1n) is 7.43. The van der Waals surface area contributed by atoms with E-state index in [9.17, 15) is 4.79 Å². The van der Waals surface area contributed by atoms with Gasteiger partial charge in [-0.25, -0.2) is 9.97 Å². The Bertz CT molecular complexity index is 1070. The van der Waals surface area contributed by atoms with Crippen LogP contribution in [0.2, 0.25) is 5.02 Å². The number of fused-ring (bicyclic) bond motifs is 3. The molecule has 2 aromatic carbocycles. The summed E-state index contributed by atoms with van der Waals surface area (Å²) in [6.07, 6.45) is 0. The Labute approximate surface area is 161 Å². The van der Waals surface area contributed by atoms with Gasteiger partial charge < -0.3 is 5.32 Å². The second kappa shape index (κ2) is 6.92. The van der Waals surface area contributed by atoms with E-state index in [0.717, 1.165) is 30.3 Å². The van der Waals surface area contributed by atoms with E-state index in [-0.39, 0.29) is 5.91 Å². The SMILES string of the molecule is Cc1nc2ccc3nc(NC(=O)CSc4ccc(Cl)cc4)sc3c2s1. The molecule has 0 aliphatic carbocycles. The number of aryl methyl sites for hydroxylation is 1. The number of carbonyl (C=O) groups is 1. The lowest BCUT2D eigenvalue weighted by atomic mass is 10.3. The molecule has 0 spiro atoms. The van der Waals surface area contributed by atoms with E-state index in [0.29, 0.717) is 15.9 Å². The zero-order valence-electron chi connectivity index (χ0n) is 13.1. The summed E-state index contributed by atoms with van der Waals surface area (Å²) in [7, 11) is 0. The predicted molar refractivity (Wildman–Crippen MR) is 108 cm³/mol. The van der Waals surface area contributed by atoms with Gasteiger partial charge in [-0.15, -0.1) is 23.1 Å². The molecule has 0 unspecified atom stereocenters. The number of benzene rings is 2. The topological polar surface area (TPSA) is 54.9 Å². The molecule has 1 N–H and O–H groups in total. The lowest BCUT2D eigenvalue weighted by Crippen LogP contribution is -2.13. The fraction of sp³-hybridized carbons (Fsp3) is 0.118. The van der Waals surface area contributed by atoms with Crippen LogP contribution in [0, 0.1) is 6.92 Å². The number of thioether (sulfide) groups is 1. The van der Waals surface area contributed by atoms with Crippen molar-refractivity contribution in [2.45, 2.75) is 11.8 Å². The minimum absolute atomic E-state index is 0.0734. The largest absolute Gasteiger partial charge is 0.301 e. The molecule has 25 heavy (non-hydrogen) atoms. The Morgan fingerprint density at radius 3 is 2.52 bits per heavy atom. The molecular formula is C17H12ClN3OS3. The first-order chi connectivity index (χ1) is 12.1. The normalized spacial score (nSPS) is 11.3. The highest BCUT2D eigenvalue weighted by atomic mass is 35.5. The third-order valence-corrected chi connectivity index (χ3v) is 6.85. The molecule has 0 aliphatic rings. The predicted octanol–water partition coefficient (Wildman–Crippen LogP) is 5.60. The van der Waals surface area contributed by atoms with E-state index < -0.39 is 0 Å². The summed E-state index contributed by atoms with van der Waals surface area (Å²) in [6.45, 7) is 1.99. The first kappa shape index (κ1) is 16.8. The summed E-state index contributed by atoms with van der Waals surface area (Å²) in [5.74, 6) is 0.253. The molecule has 0 saturated carbocycles. The smallest absolute Gasteiger partial charge is 0.236 e. The van der Waals surface area contributed by atoms with Crippen LogP contribution in [0.25, 0.3) is 20.4 Å². The van der Waals surface area contributed by atoms with Crippen LogP contribution in [0.3, 0.4) is 0 Å². The highest BCUT2D eigenvalue weighted by Crippen LogP contribution is 2.35. The standard InChI is InChI=1S/C17H12ClN3OS3/c1-9-19-12-6-7-13-16(15(12)24-9)25-17(20-13)21-14(22)8-23-11-4-2-10(18)3-5-11/h2-7H,8H2,1H3,(H,20,21,22). The molecule has 4 aromatic rings. The molecule has 0 aliphatic heterocycles. The lowest BCUT2D eigenvalue weighted by molar-refractivity contribution is -0.113. The van der Waals surface area contributed by atoms with Crippen molar-refractivity contribution in [2.75, 3.05) is 11.1 Å². The molecule has 0 radical (unpaired) electrons. The van der Waals surface area contributed by atoms with Gasteiger partial charge in [0.1, 0.15) is 0 Å². The molecule has 4 rings (SSSR count). The van der Waals surface area contributed by atoms with Crippen LogP contribution < -0.4 is 5.32 Å². The summed E-state index contributed by atoms with van der Waals surface area (Å²) in [4.78, 5) is 22.2. The zero-order chi connectivity index (χ0) is 17.4. The number of anilines is 1. The van der Waals surface area contributed by atoms with Crippen LogP contribution in [-0.2, 0) is 4.79 Å². The molecule has 1 amide bonds. The van der Waals surface area contributed by atoms with Gasteiger partial charge in [-0.2, -0.15) is 0 Å². The summed E-state index contributed by atoms with van der Waals surface area (Å²) in [5.41, 5.74) is 1.87. The van der Waals surface area contributed by atoms with E-state index in [1.54, 1.807) is 11.3 Å². The number of hydrogen-bond acceptors (Lipinski definition) is 6. The van der Waals surface area contributed by atoms with E-state index in [4.69, 9.17) is 11.6 Å². The number of nitrogens with zero attached hydrogens (tertiary/aromatic N) is 2. The maximum Gasteiger partial charge on any atom is 0.236 e. The van der Waals surface area contributed by atoms with Gasteiger partial charge >= 0.3 is 0 Å². The van der Waals surface area contributed by atoms with Crippen LogP contribution in [0.15, 0.2) is 41.3 Å². The lowest BCUT2D eigenvalue weighted by Gasteiger charge is -2.02. The Morgan fingerprint density at radius 1 is 1.08 bits per heavy atom. The monoisotopic (exact) mass is 405 g/mol. The van der Waals surface area contributed by atoms with E-state index in [1.807, 2.05) is 43.3 Å². The molecule has 2 heterocycles. The van der Waals surface area contributed by atoms with Crippen molar-refractivity contribution in [3.05, 3.63) is 46.4 Å². The third kappa shape index (κ3) is 3.64. The molecule has 2 aromatic heterocycles. The van der Waals surface area contributed by atoms with E-state index in [2.05, 4.69) is 15.3 Å². The van der Waals surface area contributed by atoms with Crippen molar-refractivity contribution >= 4 is 77.5 Å². The number of aromatic nitrogens is 2. The van der Waals surface area contributed by atoms with Crippen molar-refractivity contribution in [2.24, 2.45) is 0 Å². The first-order valence-corrected chi connectivity index (χ1v) is 10.4. The van der Waals surface area contributed by atoms with E-state index >= 15 is 0 Å². The maximum absolute atomic E-state index is 12.2. The quantitative estimate of drug-likeness (QED) is 0.449. The van der Waals surface area contributed by atoms with Crippen LogP contribution in [0.5, 0.6) is 0 Å². The van der Waals surface area contributed by atoms with Gasteiger partial charge in [0.15, 0.2) is 5.13 Å². The average molecular weight is 406 g/mol. The number of nitrogens with one attached hydrogen (secondary N) is 1. The number of rotatable bonds is 4. The average Bonchev–Trinajstić information content (AvgIpc) is 3.16. The second-order valence-corrected chi connectivity index (χ2v) is 8.99. The van der Waals surface area contributed by atoms with Gasteiger partial charge in [-0.1, -0.05) is 22.9 Å². The zero-order valence-corrected chi connectivity index (χ0v) is 16.3. The Balaban J connectivity index is 1.49. The van der Waals surface area contributed by atoms with Crippen LogP contribution in [-0.4, -0.2) is 21.6 Å². The van der Waals surface area contributed by atoms with Crippen molar-refractivity contribution < 1.29 is 4.79 Å². The fourth-order valence-electron chi connectivity index (χ4n) is 2.37. The Kier molecular flexibility index (Phi) is 4.64. The summed E-state index contributed by atoms with van der Waals surface area (Å²) < 4.78 is 2.20. The van der Waals surface area contributed by atoms with Gasteiger partial charge in [0, 0.05) is 9.92 Å². The number of hydrogen-bond donors (Lipinski definition) is 1. The second-order valence-electron chi connectivity index (χ2n) is 5.30.